The summed E-state index contributed by atoms with van der Waals surface area (Å²) in [6.45, 7) is 2.46. The van der Waals surface area contributed by atoms with Crippen molar-refractivity contribution in [3.8, 4) is 11.5 Å². The van der Waals surface area contributed by atoms with Crippen molar-refractivity contribution in [3.05, 3.63) is 59.7 Å². The number of hydrogen-bond acceptors (Lipinski definition) is 4. The second kappa shape index (κ2) is 6.72. The van der Waals surface area contributed by atoms with Crippen LogP contribution in [0.2, 0.25) is 0 Å². The molecule has 140 valence electrons. The molecule has 2 aromatic rings. The van der Waals surface area contributed by atoms with Crippen molar-refractivity contribution < 1.29 is 19.8 Å². The Kier molecular flexibility index (Phi) is 4.38. The van der Waals surface area contributed by atoms with Gasteiger partial charge in [-0.2, -0.15) is 0 Å². The summed E-state index contributed by atoms with van der Waals surface area (Å²) < 4.78 is 0. The number of imide groups is 1. The number of likely N-dealkylation sites (tertiary alicyclic amines) is 1. The van der Waals surface area contributed by atoms with Gasteiger partial charge >= 0.3 is 0 Å². The van der Waals surface area contributed by atoms with Crippen molar-refractivity contribution in [2.24, 2.45) is 11.8 Å². The van der Waals surface area contributed by atoms with E-state index in [0.717, 1.165) is 12.8 Å². The largest absolute Gasteiger partial charge is 0.508 e. The van der Waals surface area contributed by atoms with E-state index in [1.165, 1.54) is 4.90 Å². The lowest BCUT2D eigenvalue weighted by Gasteiger charge is -2.46. The maximum absolute atomic E-state index is 13.0. The fraction of sp³-hybridized carbons (Fsp3) is 0.364. The maximum Gasteiger partial charge on any atom is 0.233 e. The van der Waals surface area contributed by atoms with Crippen LogP contribution in [0, 0.1) is 11.8 Å². The van der Waals surface area contributed by atoms with Crippen molar-refractivity contribution in [1.82, 2.24) is 4.90 Å². The fourth-order valence-electron chi connectivity index (χ4n) is 4.68. The number of aromatic hydroxyl groups is 2. The van der Waals surface area contributed by atoms with Crippen LogP contribution in [-0.4, -0.2) is 33.5 Å². The fourth-order valence-corrected chi connectivity index (χ4v) is 4.68. The zero-order chi connectivity index (χ0) is 19.1. The van der Waals surface area contributed by atoms with Gasteiger partial charge in [-0.15, -0.1) is 0 Å². The van der Waals surface area contributed by atoms with Gasteiger partial charge < -0.3 is 10.2 Å². The molecule has 0 spiro atoms. The maximum atomic E-state index is 13.0. The van der Waals surface area contributed by atoms with Gasteiger partial charge in [0.25, 0.3) is 0 Å². The Morgan fingerprint density at radius 2 is 1.22 bits per heavy atom. The van der Waals surface area contributed by atoms with E-state index in [1.807, 2.05) is 19.1 Å². The molecular formula is C22H23NO4. The van der Waals surface area contributed by atoms with Crippen LogP contribution < -0.4 is 0 Å². The number of amides is 2. The number of hydrogen-bond donors (Lipinski definition) is 2. The molecule has 1 saturated heterocycles. The predicted octanol–water partition coefficient (Wildman–Crippen LogP) is 3.38. The molecule has 0 unspecified atom stereocenters. The zero-order valence-corrected chi connectivity index (χ0v) is 15.2. The molecule has 1 aliphatic heterocycles. The molecule has 27 heavy (non-hydrogen) atoms. The van der Waals surface area contributed by atoms with E-state index in [1.54, 1.807) is 36.4 Å². The molecule has 2 aliphatic rings. The average Bonchev–Trinajstić information content (AvgIpc) is 2.84. The van der Waals surface area contributed by atoms with Gasteiger partial charge in [0.15, 0.2) is 0 Å². The van der Waals surface area contributed by atoms with Gasteiger partial charge in [0, 0.05) is 18.4 Å². The molecule has 2 amide bonds. The molecule has 0 aromatic heterocycles. The van der Waals surface area contributed by atoms with E-state index in [9.17, 15) is 19.8 Å². The topological polar surface area (TPSA) is 77.8 Å². The number of carbonyl (C=O) groups is 2. The summed E-state index contributed by atoms with van der Waals surface area (Å²) in [5.74, 6) is -1.68. The molecular weight excluding hydrogens is 342 g/mol. The molecule has 4 rings (SSSR count). The molecule has 0 bridgehead atoms. The Morgan fingerprint density at radius 1 is 0.778 bits per heavy atom. The monoisotopic (exact) mass is 365 g/mol. The summed E-state index contributed by atoms with van der Waals surface area (Å²) in [7, 11) is 0. The van der Waals surface area contributed by atoms with E-state index in [2.05, 4.69) is 0 Å². The molecule has 5 nitrogen and oxygen atoms in total. The van der Waals surface area contributed by atoms with Gasteiger partial charge in [0.2, 0.25) is 11.8 Å². The lowest BCUT2D eigenvalue weighted by atomic mass is 9.53. The molecule has 5 heteroatoms. The van der Waals surface area contributed by atoms with Gasteiger partial charge in [0.1, 0.15) is 11.5 Å². The predicted molar refractivity (Wildman–Crippen MR) is 100 cm³/mol. The summed E-state index contributed by atoms with van der Waals surface area (Å²) in [4.78, 5) is 27.4. The molecule has 1 aliphatic carbocycles. The lowest BCUT2D eigenvalue weighted by molar-refractivity contribution is -0.139. The summed E-state index contributed by atoms with van der Waals surface area (Å²) >= 11 is 0. The van der Waals surface area contributed by atoms with E-state index >= 15 is 0 Å². The number of unbranched alkanes of at least 4 members (excludes halogenated alkanes) is 1. The van der Waals surface area contributed by atoms with E-state index in [-0.39, 0.29) is 35.1 Å². The van der Waals surface area contributed by atoms with E-state index in [0.29, 0.717) is 17.7 Å². The van der Waals surface area contributed by atoms with Crippen LogP contribution in [0.5, 0.6) is 11.5 Å². The SMILES string of the molecule is CCCCN1C(=O)[C@@H]2[C@H](C1=O)[C@H](c1ccccc1O)[C@@H]2c1ccccc1O. The number of para-hydroxylation sites is 2. The van der Waals surface area contributed by atoms with Crippen LogP contribution in [0.3, 0.4) is 0 Å². The molecule has 1 heterocycles. The second-order valence-corrected chi connectivity index (χ2v) is 7.40. The zero-order valence-electron chi connectivity index (χ0n) is 15.2. The van der Waals surface area contributed by atoms with E-state index in [4.69, 9.17) is 0 Å². The lowest BCUT2D eigenvalue weighted by Crippen LogP contribution is -2.45. The molecule has 2 N–H and O–H groups in total. The van der Waals surface area contributed by atoms with Crippen LogP contribution in [0.25, 0.3) is 0 Å². The first-order valence-electron chi connectivity index (χ1n) is 9.47. The Bertz CT molecular complexity index is 824. The highest BCUT2D eigenvalue weighted by Crippen LogP contribution is 2.63. The van der Waals surface area contributed by atoms with E-state index < -0.39 is 11.8 Å². The molecule has 4 atom stereocenters. The first-order chi connectivity index (χ1) is 13.1. The molecule has 2 fully saturated rings. The smallest absolute Gasteiger partial charge is 0.233 e. The van der Waals surface area contributed by atoms with Gasteiger partial charge in [-0.3, -0.25) is 14.5 Å². The Morgan fingerprint density at radius 3 is 1.63 bits per heavy atom. The third-order valence-electron chi connectivity index (χ3n) is 5.98. The van der Waals surface area contributed by atoms with Crippen molar-refractivity contribution in [2.45, 2.75) is 31.6 Å². The number of phenolic OH excluding ortho intramolecular Hbond substituents is 2. The summed E-state index contributed by atoms with van der Waals surface area (Å²) in [5.41, 5.74) is 1.32. The van der Waals surface area contributed by atoms with Gasteiger partial charge in [-0.25, -0.2) is 0 Å². The van der Waals surface area contributed by atoms with Crippen LogP contribution in [-0.2, 0) is 9.59 Å². The van der Waals surface area contributed by atoms with Crippen LogP contribution in [0.15, 0.2) is 48.5 Å². The Labute approximate surface area is 158 Å². The molecule has 0 radical (unpaired) electrons. The van der Waals surface area contributed by atoms with Crippen LogP contribution in [0.1, 0.15) is 42.7 Å². The van der Waals surface area contributed by atoms with Crippen LogP contribution >= 0.6 is 0 Å². The van der Waals surface area contributed by atoms with Crippen molar-refractivity contribution >= 4 is 11.8 Å². The second-order valence-electron chi connectivity index (χ2n) is 7.40. The number of nitrogens with zero attached hydrogens (tertiary/aromatic N) is 1. The highest BCUT2D eigenvalue weighted by atomic mass is 16.3. The number of carbonyl (C=O) groups excluding carboxylic acids is 2. The minimum Gasteiger partial charge on any atom is -0.508 e. The van der Waals surface area contributed by atoms with Crippen LogP contribution in [0.4, 0.5) is 0 Å². The first-order valence-corrected chi connectivity index (χ1v) is 9.47. The number of fused-ring (bicyclic) bond motifs is 1. The van der Waals surface area contributed by atoms with Crippen molar-refractivity contribution in [2.75, 3.05) is 6.54 Å². The number of phenols is 2. The molecule has 2 aromatic carbocycles. The minimum absolute atomic E-state index is 0.119. The van der Waals surface area contributed by atoms with Gasteiger partial charge in [-0.1, -0.05) is 49.7 Å². The Hall–Kier alpha value is -2.82. The average molecular weight is 365 g/mol. The normalized spacial score (nSPS) is 26.8. The quantitative estimate of drug-likeness (QED) is 0.797. The third-order valence-corrected chi connectivity index (χ3v) is 5.98. The number of benzene rings is 2. The summed E-state index contributed by atoms with van der Waals surface area (Å²) in [6, 6.07) is 13.9. The first kappa shape index (κ1) is 17.6. The third kappa shape index (κ3) is 2.60. The van der Waals surface area contributed by atoms with Crippen molar-refractivity contribution in [3.63, 3.8) is 0 Å². The van der Waals surface area contributed by atoms with Gasteiger partial charge in [-0.05, 0) is 29.7 Å². The summed E-state index contributed by atoms with van der Waals surface area (Å²) in [6.07, 6.45) is 1.68. The minimum atomic E-state index is -0.479. The van der Waals surface area contributed by atoms with Gasteiger partial charge in [0.05, 0.1) is 11.8 Å². The Balaban J connectivity index is 1.79. The highest BCUT2D eigenvalue weighted by Gasteiger charge is 2.65. The standard InChI is InChI=1S/C22H23NO4/c1-2-3-12-23-21(26)19-17(13-8-4-6-10-15(13)24)18(20(19)22(23)27)14-9-5-7-11-16(14)25/h4-11,17-20,24-25H,2-3,12H2,1H3/t17-,18+,19-,20+. The molecule has 1 saturated carbocycles. The number of rotatable bonds is 5. The van der Waals surface area contributed by atoms with Crippen molar-refractivity contribution in [1.29, 1.82) is 0 Å². The summed E-state index contributed by atoms with van der Waals surface area (Å²) in [5, 5.41) is 20.8. The highest BCUT2D eigenvalue weighted by molar-refractivity contribution is 6.08.